The van der Waals surface area contributed by atoms with Crippen molar-refractivity contribution in [1.82, 2.24) is 0 Å². The fraction of sp³-hybridized carbons (Fsp3) is 1.00. The first-order valence-corrected chi connectivity index (χ1v) is 14.3. The van der Waals surface area contributed by atoms with Crippen LogP contribution in [0.2, 0.25) is 0 Å². The summed E-state index contributed by atoms with van der Waals surface area (Å²) in [6, 6.07) is 0. The molecular formula is C2H6F10O16P4S2. The monoisotopic (exact) mass is 664 g/mol. The quantitative estimate of drug-likeness (QED) is 0.142. The van der Waals surface area contributed by atoms with E-state index in [1.54, 1.807) is 0 Å². The van der Waals surface area contributed by atoms with Gasteiger partial charge in [-0.25, -0.2) is 18.3 Å². The Bertz CT molecular complexity index is 918. The van der Waals surface area contributed by atoms with E-state index < -0.39 is 62.9 Å². The number of rotatable bonds is 4. The standard InChI is InChI=1S/2CHF4O5PS.2FH2O3P/c2*2-1(3,4)12(8,9)10-11(5,6)7;2*1-5(2,3)4/h2*(H,6,7);2*(H2,2,3,4). The smallest absolute Gasteiger partial charge is 0.299 e. The van der Waals surface area contributed by atoms with Crippen molar-refractivity contribution < 1.29 is 116 Å². The highest BCUT2D eigenvalue weighted by atomic mass is 32.2. The highest BCUT2D eigenvalue weighted by Gasteiger charge is 2.52. The molecule has 0 aromatic carbocycles. The zero-order chi connectivity index (χ0) is 29.4. The third-order valence-corrected chi connectivity index (χ3v) is 5.12. The largest absolute Gasteiger partial charge is 0.525 e. The number of halogens is 10. The Morgan fingerprint density at radius 3 is 0.647 bits per heavy atom. The van der Waals surface area contributed by atoms with Crippen LogP contribution in [0, 0.1) is 0 Å². The maximum atomic E-state index is 11.4. The fourth-order valence-corrected chi connectivity index (χ4v) is 2.94. The molecule has 0 amide bonds. The Labute approximate surface area is 179 Å². The van der Waals surface area contributed by atoms with Gasteiger partial charge in [0.15, 0.2) is 0 Å². The summed E-state index contributed by atoms with van der Waals surface area (Å²) in [5.41, 5.74) is -11.8. The van der Waals surface area contributed by atoms with Crippen LogP contribution in [0.5, 0.6) is 0 Å². The van der Waals surface area contributed by atoms with Gasteiger partial charge in [0.1, 0.15) is 0 Å². The van der Waals surface area contributed by atoms with Crippen LogP contribution >= 0.6 is 31.6 Å². The van der Waals surface area contributed by atoms with E-state index in [0.29, 0.717) is 0 Å². The molecule has 0 aliphatic rings. The second kappa shape index (κ2) is 13.4. The lowest BCUT2D eigenvalue weighted by Gasteiger charge is -2.06. The van der Waals surface area contributed by atoms with E-state index in [9.17, 15) is 69.1 Å². The van der Waals surface area contributed by atoms with Crippen LogP contribution in [0.1, 0.15) is 0 Å². The minimum absolute atomic E-state index is 2.28. The van der Waals surface area contributed by atoms with Gasteiger partial charge in [0.2, 0.25) is 0 Å². The van der Waals surface area contributed by atoms with E-state index in [-0.39, 0.29) is 0 Å². The summed E-state index contributed by atoms with van der Waals surface area (Å²) in [6.07, 6.45) is 0. The van der Waals surface area contributed by atoms with Crippen molar-refractivity contribution in [3.05, 3.63) is 0 Å². The predicted octanol–water partition coefficient (Wildman–Crippen LogP) is 1.94. The van der Waals surface area contributed by atoms with E-state index in [1.165, 1.54) is 0 Å². The topological polar surface area (TPSA) is 276 Å². The van der Waals surface area contributed by atoms with Crippen molar-refractivity contribution in [3.63, 3.8) is 0 Å². The van der Waals surface area contributed by atoms with E-state index in [2.05, 4.69) is 7.94 Å². The van der Waals surface area contributed by atoms with Crippen molar-refractivity contribution in [2.75, 3.05) is 0 Å². The molecule has 2 atom stereocenters. The minimum Gasteiger partial charge on any atom is -0.299 e. The lowest BCUT2D eigenvalue weighted by molar-refractivity contribution is -0.0510. The molecule has 2 unspecified atom stereocenters. The number of hydrogen-bond acceptors (Lipinski definition) is 10. The summed E-state index contributed by atoms with van der Waals surface area (Å²) in [4.78, 5) is 42.9. The highest BCUT2D eigenvalue weighted by Crippen LogP contribution is 2.49. The summed E-state index contributed by atoms with van der Waals surface area (Å²) in [5, 5.41) is 0. The van der Waals surface area contributed by atoms with Gasteiger partial charge in [0.25, 0.3) is 0 Å². The first-order chi connectivity index (χ1) is 13.9. The van der Waals surface area contributed by atoms with Crippen molar-refractivity contribution in [2.24, 2.45) is 0 Å². The molecule has 0 aromatic heterocycles. The lowest BCUT2D eigenvalue weighted by atomic mass is 11.6. The molecule has 0 aliphatic heterocycles. The average molecular weight is 664 g/mol. The first kappa shape index (κ1) is 40.9. The van der Waals surface area contributed by atoms with E-state index in [4.69, 9.17) is 38.5 Å². The summed E-state index contributed by atoms with van der Waals surface area (Å²) in [6.45, 7) is 0. The molecule has 0 saturated heterocycles. The van der Waals surface area contributed by atoms with Crippen molar-refractivity contribution in [1.29, 1.82) is 0 Å². The summed E-state index contributed by atoms with van der Waals surface area (Å²) in [5.74, 6) is 0. The Balaban J connectivity index is -0.000000191. The van der Waals surface area contributed by atoms with Gasteiger partial charge in [-0.15, -0.1) is 16.8 Å². The fourth-order valence-electron chi connectivity index (χ4n) is 0.327. The van der Waals surface area contributed by atoms with Gasteiger partial charge in [-0.05, 0) is 0 Å². The molecule has 0 rings (SSSR count). The minimum atomic E-state index is -6.34. The van der Waals surface area contributed by atoms with Gasteiger partial charge in [0.05, 0.1) is 0 Å². The molecule has 34 heavy (non-hydrogen) atoms. The van der Waals surface area contributed by atoms with Crippen LogP contribution in [-0.2, 0) is 46.4 Å². The molecule has 16 nitrogen and oxygen atoms in total. The third kappa shape index (κ3) is 34.0. The Morgan fingerprint density at radius 2 is 0.618 bits per heavy atom. The summed E-state index contributed by atoms with van der Waals surface area (Å²) < 4.78 is 191. The molecule has 6 N–H and O–H groups in total. The van der Waals surface area contributed by atoms with Crippen LogP contribution in [0.25, 0.3) is 0 Å². The van der Waals surface area contributed by atoms with Crippen LogP contribution in [0.3, 0.4) is 0 Å². The third-order valence-electron chi connectivity index (χ3n) is 0.947. The second-order valence-corrected chi connectivity index (χ2v) is 11.4. The molecule has 0 spiro atoms. The van der Waals surface area contributed by atoms with Crippen molar-refractivity contribution in [3.8, 4) is 0 Å². The maximum absolute atomic E-state index is 11.4. The van der Waals surface area contributed by atoms with Crippen molar-refractivity contribution in [2.45, 2.75) is 11.0 Å². The molecule has 0 aromatic rings. The first-order valence-electron chi connectivity index (χ1n) is 5.51. The summed E-state index contributed by atoms with van der Waals surface area (Å²) >= 11 is 0. The summed E-state index contributed by atoms with van der Waals surface area (Å²) in [7, 11) is -35.3. The van der Waals surface area contributed by atoms with Gasteiger partial charge >= 0.3 is 62.9 Å². The molecule has 0 fully saturated rings. The Kier molecular flexibility index (Phi) is 16.1. The van der Waals surface area contributed by atoms with Gasteiger partial charge < -0.3 is 0 Å². The SMILES string of the molecule is O=P(O)(F)OS(=O)(=O)C(F)(F)F.O=P(O)(F)OS(=O)(=O)C(F)(F)F.O=P(O)(O)F.O=P(O)(O)F. The normalized spacial score (nSPS) is 16.7. The van der Waals surface area contributed by atoms with E-state index >= 15 is 0 Å². The zero-order valence-corrected chi connectivity index (χ0v) is 19.4. The van der Waals surface area contributed by atoms with Crippen LogP contribution < -0.4 is 0 Å². The Hall–Kier alpha value is -0.200. The van der Waals surface area contributed by atoms with E-state index in [0.717, 1.165) is 0 Å². The van der Waals surface area contributed by atoms with Crippen LogP contribution in [0.15, 0.2) is 0 Å². The highest BCUT2D eigenvalue weighted by molar-refractivity contribution is 7.91. The van der Waals surface area contributed by atoms with Crippen LogP contribution in [-0.4, -0.2) is 57.2 Å². The average Bonchev–Trinajstić information content (AvgIpc) is 2.24. The molecule has 32 heteroatoms. The van der Waals surface area contributed by atoms with E-state index in [1.807, 2.05) is 0 Å². The molecule has 0 bridgehead atoms. The van der Waals surface area contributed by atoms with Gasteiger partial charge in [-0.2, -0.15) is 51.1 Å². The lowest BCUT2D eigenvalue weighted by Crippen LogP contribution is -2.24. The van der Waals surface area contributed by atoms with Gasteiger partial charge in [-0.3, -0.25) is 29.4 Å². The number of alkyl halides is 6. The molecule has 212 valence electrons. The molecule has 0 aliphatic carbocycles. The second-order valence-electron chi connectivity index (χ2n) is 3.80. The zero-order valence-electron chi connectivity index (χ0n) is 14.2. The van der Waals surface area contributed by atoms with Crippen LogP contribution in [0.4, 0.5) is 43.1 Å². The molecular weight excluding hydrogens is 658 g/mol. The van der Waals surface area contributed by atoms with Gasteiger partial charge in [-0.1, -0.05) is 0 Å². The molecule has 0 saturated carbocycles. The predicted molar refractivity (Wildman–Crippen MR) is 80.3 cm³/mol. The van der Waals surface area contributed by atoms with Crippen molar-refractivity contribution >= 4 is 51.9 Å². The molecule has 0 radical (unpaired) electrons. The Morgan fingerprint density at radius 1 is 0.500 bits per heavy atom. The van der Waals surface area contributed by atoms with Gasteiger partial charge in [0, 0.05) is 0 Å². The maximum Gasteiger partial charge on any atom is 0.525 e. The number of hydrogen-bond donors (Lipinski definition) is 6. The molecule has 0 heterocycles.